The standard InChI is InChI=1S/C15H21N3O3/c1-4-21-9-5-8-16-15-11-6-7-12(19-2)14(20-3)13(11)17-10-18-15/h6-7,10H,4-5,8-9H2,1-3H3,(H,16,17,18). The van der Waals surface area contributed by atoms with E-state index in [1.807, 2.05) is 19.1 Å². The molecule has 0 fully saturated rings. The van der Waals surface area contributed by atoms with Gasteiger partial charge in [0.1, 0.15) is 17.7 Å². The smallest absolute Gasteiger partial charge is 0.187 e. The number of methoxy groups -OCH3 is 2. The Balaban J connectivity index is 2.21. The number of rotatable bonds is 8. The minimum atomic E-state index is 0.620. The summed E-state index contributed by atoms with van der Waals surface area (Å²) in [6.45, 7) is 4.27. The fourth-order valence-electron chi connectivity index (χ4n) is 2.11. The zero-order valence-electron chi connectivity index (χ0n) is 12.7. The summed E-state index contributed by atoms with van der Waals surface area (Å²) >= 11 is 0. The molecule has 21 heavy (non-hydrogen) atoms. The predicted molar refractivity (Wildman–Crippen MR) is 82.2 cm³/mol. The molecule has 0 spiro atoms. The van der Waals surface area contributed by atoms with Gasteiger partial charge in [-0.25, -0.2) is 9.97 Å². The number of hydrogen-bond donors (Lipinski definition) is 1. The van der Waals surface area contributed by atoms with Gasteiger partial charge in [0.15, 0.2) is 11.5 Å². The molecule has 1 N–H and O–H groups in total. The second-order valence-corrected chi connectivity index (χ2v) is 4.40. The van der Waals surface area contributed by atoms with Crippen LogP contribution in [0.3, 0.4) is 0 Å². The summed E-state index contributed by atoms with van der Waals surface area (Å²) in [5.41, 5.74) is 0.735. The Morgan fingerprint density at radius 2 is 2.00 bits per heavy atom. The van der Waals surface area contributed by atoms with Gasteiger partial charge in [0.25, 0.3) is 0 Å². The van der Waals surface area contributed by atoms with E-state index >= 15 is 0 Å². The van der Waals surface area contributed by atoms with Gasteiger partial charge in [0, 0.05) is 25.1 Å². The molecule has 2 rings (SSSR count). The van der Waals surface area contributed by atoms with Crippen LogP contribution in [0.15, 0.2) is 18.5 Å². The molecule has 0 saturated heterocycles. The van der Waals surface area contributed by atoms with Crippen molar-refractivity contribution in [3.8, 4) is 11.5 Å². The number of aromatic nitrogens is 2. The highest BCUT2D eigenvalue weighted by Gasteiger charge is 2.13. The van der Waals surface area contributed by atoms with Gasteiger partial charge < -0.3 is 19.5 Å². The maximum atomic E-state index is 5.40. The van der Waals surface area contributed by atoms with Crippen molar-refractivity contribution >= 4 is 16.7 Å². The molecule has 1 heterocycles. The van der Waals surface area contributed by atoms with Crippen molar-refractivity contribution in [2.24, 2.45) is 0 Å². The summed E-state index contributed by atoms with van der Waals surface area (Å²) < 4.78 is 16.0. The fourth-order valence-corrected chi connectivity index (χ4v) is 2.11. The minimum Gasteiger partial charge on any atom is -0.493 e. The molecule has 0 amide bonds. The van der Waals surface area contributed by atoms with Gasteiger partial charge >= 0.3 is 0 Å². The van der Waals surface area contributed by atoms with Gasteiger partial charge in [-0.15, -0.1) is 0 Å². The lowest BCUT2D eigenvalue weighted by molar-refractivity contribution is 0.147. The quantitative estimate of drug-likeness (QED) is 0.754. The van der Waals surface area contributed by atoms with Crippen molar-refractivity contribution in [3.05, 3.63) is 18.5 Å². The molecule has 1 aromatic carbocycles. The first-order chi connectivity index (χ1) is 10.3. The van der Waals surface area contributed by atoms with Crippen molar-refractivity contribution in [1.29, 1.82) is 0 Å². The predicted octanol–water partition coefficient (Wildman–Crippen LogP) is 2.49. The lowest BCUT2D eigenvalue weighted by atomic mass is 10.2. The van der Waals surface area contributed by atoms with Crippen molar-refractivity contribution in [1.82, 2.24) is 9.97 Å². The molecule has 6 heteroatoms. The third kappa shape index (κ3) is 3.52. The van der Waals surface area contributed by atoms with Gasteiger partial charge in [-0.1, -0.05) is 0 Å². The maximum Gasteiger partial charge on any atom is 0.187 e. The Bertz CT molecular complexity index is 590. The van der Waals surface area contributed by atoms with Crippen LogP contribution in [0.2, 0.25) is 0 Å². The number of ether oxygens (including phenoxy) is 3. The molecule has 0 aliphatic carbocycles. The molecule has 0 atom stereocenters. The third-order valence-electron chi connectivity index (χ3n) is 3.11. The zero-order chi connectivity index (χ0) is 15.1. The molecular formula is C15H21N3O3. The van der Waals surface area contributed by atoms with Crippen LogP contribution in [0.1, 0.15) is 13.3 Å². The Morgan fingerprint density at radius 3 is 2.71 bits per heavy atom. The molecular weight excluding hydrogens is 270 g/mol. The van der Waals surface area contributed by atoms with Gasteiger partial charge in [-0.2, -0.15) is 0 Å². The monoisotopic (exact) mass is 291 g/mol. The maximum absolute atomic E-state index is 5.40. The van der Waals surface area contributed by atoms with Gasteiger partial charge in [-0.3, -0.25) is 0 Å². The van der Waals surface area contributed by atoms with Crippen LogP contribution in [0, 0.1) is 0 Å². The van der Waals surface area contributed by atoms with E-state index in [0.717, 1.165) is 42.9 Å². The summed E-state index contributed by atoms with van der Waals surface area (Å²) in [6.07, 6.45) is 2.45. The van der Waals surface area contributed by atoms with E-state index < -0.39 is 0 Å². The number of nitrogens with one attached hydrogen (secondary N) is 1. The molecule has 0 unspecified atom stereocenters. The van der Waals surface area contributed by atoms with Crippen LogP contribution in [0.5, 0.6) is 11.5 Å². The Kier molecular flexibility index (Phi) is 5.57. The molecule has 114 valence electrons. The summed E-state index contributed by atoms with van der Waals surface area (Å²) in [6, 6.07) is 3.79. The molecule has 1 aromatic heterocycles. The van der Waals surface area contributed by atoms with Gasteiger partial charge in [0.05, 0.1) is 14.2 Å². The second-order valence-electron chi connectivity index (χ2n) is 4.40. The second kappa shape index (κ2) is 7.64. The Hall–Kier alpha value is -2.08. The highest BCUT2D eigenvalue weighted by Crippen LogP contribution is 2.35. The molecule has 0 aliphatic heterocycles. The summed E-state index contributed by atoms with van der Waals surface area (Å²) in [5, 5.41) is 4.22. The molecule has 0 aliphatic rings. The molecule has 2 aromatic rings. The molecule has 0 radical (unpaired) electrons. The van der Waals surface area contributed by atoms with Gasteiger partial charge in [-0.05, 0) is 25.5 Å². The van der Waals surface area contributed by atoms with E-state index in [0.29, 0.717) is 11.5 Å². The largest absolute Gasteiger partial charge is 0.493 e. The first-order valence-corrected chi connectivity index (χ1v) is 6.99. The Labute approximate surface area is 124 Å². The van der Waals surface area contributed by atoms with E-state index in [1.165, 1.54) is 6.33 Å². The van der Waals surface area contributed by atoms with Crippen molar-refractivity contribution in [2.75, 3.05) is 39.3 Å². The summed E-state index contributed by atoms with van der Waals surface area (Å²) in [5.74, 6) is 2.07. The van der Waals surface area contributed by atoms with Crippen molar-refractivity contribution < 1.29 is 14.2 Å². The van der Waals surface area contributed by atoms with Crippen LogP contribution in [-0.4, -0.2) is 43.9 Å². The van der Waals surface area contributed by atoms with Crippen LogP contribution in [0.4, 0.5) is 5.82 Å². The van der Waals surface area contributed by atoms with E-state index in [4.69, 9.17) is 14.2 Å². The minimum absolute atomic E-state index is 0.620. The topological polar surface area (TPSA) is 65.5 Å². The zero-order valence-corrected chi connectivity index (χ0v) is 12.7. The van der Waals surface area contributed by atoms with Crippen molar-refractivity contribution in [2.45, 2.75) is 13.3 Å². The first kappa shape index (κ1) is 15.3. The summed E-state index contributed by atoms with van der Waals surface area (Å²) in [7, 11) is 3.21. The number of hydrogen-bond acceptors (Lipinski definition) is 6. The average Bonchev–Trinajstić information content (AvgIpc) is 2.53. The third-order valence-corrected chi connectivity index (χ3v) is 3.11. The SMILES string of the molecule is CCOCCCNc1ncnc2c(OC)c(OC)ccc12. The highest BCUT2D eigenvalue weighted by molar-refractivity contribution is 5.94. The lowest BCUT2D eigenvalue weighted by Crippen LogP contribution is -2.07. The van der Waals surface area contributed by atoms with Gasteiger partial charge in [0.2, 0.25) is 0 Å². The van der Waals surface area contributed by atoms with E-state index in [9.17, 15) is 0 Å². The fraction of sp³-hybridized carbons (Fsp3) is 0.467. The highest BCUT2D eigenvalue weighted by atomic mass is 16.5. The van der Waals surface area contributed by atoms with Crippen LogP contribution >= 0.6 is 0 Å². The number of anilines is 1. The molecule has 0 bridgehead atoms. The normalized spacial score (nSPS) is 10.6. The van der Waals surface area contributed by atoms with Crippen LogP contribution in [0.25, 0.3) is 10.9 Å². The van der Waals surface area contributed by atoms with E-state index in [-0.39, 0.29) is 0 Å². The average molecular weight is 291 g/mol. The van der Waals surface area contributed by atoms with E-state index in [2.05, 4.69) is 15.3 Å². The summed E-state index contributed by atoms with van der Waals surface area (Å²) in [4.78, 5) is 8.59. The molecule has 6 nitrogen and oxygen atoms in total. The Morgan fingerprint density at radius 1 is 1.14 bits per heavy atom. The van der Waals surface area contributed by atoms with E-state index in [1.54, 1.807) is 14.2 Å². The van der Waals surface area contributed by atoms with Crippen LogP contribution in [-0.2, 0) is 4.74 Å². The number of nitrogens with zero attached hydrogens (tertiary/aromatic N) is 2. The van der Waals surface area contributed by atoms with Crippen molar-refractivity contribution in [3.63, 3.8) is 0 Å². The number of benzene rings is 1. The number of fused-ring (bicyclic) bond motifs is 1. The molecule has 0 saturated carbocycles. The van der Waals surface area contributed by atoms with Crippen LogP contribution < -0.4 is 14.8 Å². The lowest BCUT2D eigenvalue weighted by Gasteiger charge is -2.12. The first-order valence-electron chi connectivity index (χ1n) is 6.99.